The Morgan fingerprint density at radius 1 is 1.17 bits per heavy atom. The molecule has 0 spiro atoms. The number of hydrogen-bond donors (Lipinski definition) is 1. The summed E-state index contributed by atoms with van der Waals surface area (Å²) in [6.45, 7) is 11.6. The minimum Gasteiger partial charge on any atom is -0.376 e. The van der Waals surface area contributed by atoms with Crippen molar-refractivity contribution < 1.29 is 4.74 Å². The molecule has 0 aromatic heterocycles. The monoisotopic (exact) mass is 249 g/mol. The average Bonchev–Trinajstić information content (AvgIpc) is 2.30. The number of likely N-dealkylation sites (N-methyl/N-ethyl adjacent to an activating group) is 1. The van der Waals surface area contributed by atoms with Crippen molar-refractivity contribution in [3.05, 3.63) is 35.4 Å². The first-order chi connectivity index (χ1) is 8.40. The number of nitrogens with one attached hydrogen (secondary N) is 1. The summed E-state index contributed by atoms with van der Waals surface area (Å²) in [4.78, 5) is 0. The van der Waals surface area contributed by atoms with E-state index in [0.717, 1.165) is 6.61 Å². The number of benzene rings is 1. The van der Waals surface area contributed by atoms with Crippen molar-refractivity contribution in [3.63, 3.8) is 0 Å². The van der Waals surface area contributed by atoms with Crippen LogP contribution >= 0.6 is 0 Å². The Morgan fingerprint density at radius 2 is 1.72 bits per heavy atom. The number of ether oxygens (including phenoxy) is 1. The maximum atomic E-state index is 5.98. The second-order valence-corrected chi connectivity index (χ2v) is 5.92. The molecule has 18 heavy (non-hydrogen) atoms. The van der Waals surface area contributed by atoms with E-state index in [4.69, 9.17) is 4.74 Å². The van der Waals surface area contributed by atoms with Crippen molar-refractivity contribution in [3.8, 4) is 0 Å². The molecule has 2 nitrogen and oxygen atoms in total. The van der Waals surface area contributed by atoms with Gasteiger partial charge in [-0.15, -0.1) is 0 Å². The molecule has 0 aliphatic rings. The maximum absolute atomic E-state index is 5.98. The molecule has 0 aliphatic heterocycles. The van der Waals surface area contributed by atoms with Gasteiger partial charge in [-0.25, -0.2) is 0 Å². The largest absolute Gasteiger partial charge is 0.376 e. The van der Waals surface area contributed by atoms with Crippen molar-refractivity contribution in [2.45, 2.75) is 46.8 Å². The Kier molecular flexibility index (Phi) is 5.36. The lowest BCUT2D eigenvalue weighted by atomic mass is 9.82. The highest BCUT2D eigenvalue weighted by Gasteiger charge is 2.32. The van der Waals surface area contributed by atoms with Gasteiger partial charge in [-0.2, -0.15) is 0 Å². The van der Waals surface area contributed by atoms with Crippen LogP contribution in [0.4, 0.5) is 0 Å². The minimum atomic E-state index is 0.106. The van der Waals surface area contributed by atoms with Crippen molar-refractivity contribution in [1.82, 2.24) is 5.32 Å². The molecule has 0 radical (unpaired) electrons. The van der Waals surface area contributed by atoms with E-state index in [1.807, 2.05) is 7.05 Å². The van der Waals surface area contributed by atoms with Gasteiger partial charge in [0.15, 0.2) is 0 Å². The molecule has 0 bridgehead atoms. The quantitative estimate of drug-likeness (QED) is 0.859. The Morgan fingerprint density at radius 3 is 2.11 bits per heavy atom. The third-order valence-corrected chi connectivity index (χ3v) is 3.25. The highest BCUT2D eigenvalue weighted by Crippen LogP contribution is 2.32. The zero-order valence-electron chi connectivity index (χ0n) is 12.6. The van der Waals surface area contributed by atoms with E-state index in [1.54, 1.807) is 0 Å². The Hall–Kier alpha value is -0.860. The van der Waals surface area contributed by atoms with Crippen LogP contribution in [0.25, 0.3) is 0 Å². The van der Waals surface area contributed by atoms with Crippen LogP contribution in [0.15, 0.2) is 24.3 Å². The van der Waals surface area contributed by atoms with Crippen LogP contribution in [0.5, 0.6) is 0 Å². The van der Waals surface area contributed by atoms with Gasteiger partial charge in [0, 0.05) is 6.61 Å². The van der Waals surface area contributed by atoms with Gasteiger partial charge in [-0.3, -0.25) is 0 Å². The summed E-state index contributed by atoms with van der Waals surface area (Å²) in [5.41, 5.74) is 2.68. The van der Waals surface area contributed by atoms with Gasteiger partial charge >= 0.3 is 0 Å². The third kappa shape index (κ3) is 3.82. The predicted molar refractivity (Wildman–Crippen MR) is 77.8 cm³/mol. The first kappa shape index (κ1) is 15.2. The Balaban J connectivity index is 3.02. The number of aryl methyl sites for hydroxylation is 1. The topological polar surface area (TPSA) is 21.3 Å². The molecule has 0 fully saturated rings. The smallest absolute Gasteiger partial charge is 0.0817 e. The third-order valence-electron chi connectivity index (χ3n) is 3.25. The van der Waals surface area contributed by atoms with E-state index >= 15 is 0 Å². The molecular formula is C16H27NO. The molecule has 1 aromatic rings. The fourth-order valence-corrected chi connectivity index (χ4v) is 2.29. The van der Waals surface area contributed by atoms with E-state index < -0.39 is 0 Å². The van der Waals surface area contributed by atoms with Gasteiger partial charge in [-0.1, -0.05) is 50.6 Å². The van der Waals surface area contributed by atoms with Gasteiger partial charge in [0.1, 0.15) is 0 Å². The molecule has 0 saturated carbocycles. The van der Waals surface area contributed by atoms with Gasteiger partial charge in [0.2, 0.25) is 0 Å². The zero-order chi connectivity index (χ0) is 13.8. The molecule has 0 amide bonds. The normalized spacial score (nSPS) is 15.4. The van der Waals surface area contributed by atoms with Crippen LogP contribution in [0, 0.1) is 12.3 Å². The first-order valence-electron chi connectivity index (χ1n) is 6.75. The van der Waals surface area contributed by atoms with Gasteiger partial charge in [0.05, 0.1) is 12.1 Å². The molecule has 1 N–H and O–H groups in total. The number of hydrogen-bond acceptors (Lipinski definition) is 2. The molecule has 2 heteroatoms. The van der Waals surface area contributed by atoms with Crippen LogP contribution in [-0.4, -0.2) is 19.8 Å². The van der Waals surface area contributed by atoms with E-state index in [2.05, 4.69) is 64.2 Å². The lowest BCUT2D eigenvalue weighted by molar-refractivity contribution is -0.0350. The highest BCUT2D eigenvalue weighted by molar-refractivity contribution is 5.25. The van der Waals surface area contributed by atoms with Gasteiger partial charge in [0.25, 0.3) is 0 Å². The fourth-order valence-electron chi connectivity index (χ4n) is 2.29. The first-order valence-corrected chi connectivity index (χ1v) is 6.75. The van der Waals surface area contributed by atoms with Gasteiger partial charge in [-0.05, 0) is 31.9 Å². The maximum Gasteiger partial charge on any atom is 0.0817 e. The molecule has 2 atom stereocenters. The lowest BCUT2D eigenvalue weighted by Crippen LogP contribution is -2.41. The standard InChI is InChI=1S/C16H27NO/c1-7-18-15(16(3,4)5)14(17-6)13-10-8-12(2)9-11-13/h8-11,14-15,17H,7H2,1-6H3. The lowest BCUT2D eigenvalue weighted by Gasteiger charge is -2.37. The van der Waals surface area contributed by atoms with Crippen LogP contribution in [0.1, 0.15) is 44.9 Å². The summed E-state index contributed by atoms with van der Waals surface area (Å²) in [6.07, 6.45) is 0.162. The summed E-state index contributed by atoms with van der Waals surface area (Å²) < 4.78 is 5.98. The fraction of sp³-hybridized carbons (Fsp3) is 0.625. The average molecular weight is 249 g/mol. The number of rotatable bonds is 5. The second kappa shape index (κ2) is 6.35. The summed E-state index contributed by atoms with van der Waals surface area (Å²) in [7, 11) is 2.00. The zero-order valence-corrected chi connectivity index (χ0v) is 12.6. The van der Waals surface area contributed by atoms with E-state index in [0.29, 0.717) is 0 Å². The molecule has 1 aromatic carbocycles. The second-order valence-electron chi connectivity index (χ2n) is 5.92. The summed E-state index contributed by atoms with van der Waals surface area (Å²) in [6, 6.07) is 8.92. The summed E-state index contributed by atoms with van der Waals surface area (Å²) in [5.74, 6) is 0. The summed E-state index contributed by atoms with van der Waals surface area (Å²) >= 11 is 0. The van der Waals surface area contributed by atoms with Crippen molar-refractivity contribution in [1.29, 1.82) is 0 Å². The van der Waals surface area contributed by atoms with Crippen molar-refractivity contribution >= 4 is 0 Å². The molecule has 0 saturated heterocycles. The van der Waals surface area contributed by atoms with Gasteiger partial charge < -0.3 is 10.1 Å². The SMILES string of the molecule is CCOC(C(NC)c1ccc(C)cc1)C(C)(C)C. The minimum absolute atomic E-state index is 0.106. The highest BCUT2D eigenvalue weighted by atomic mass is 16.5. The molecule has 2 unspecified atom stereocenters. The van der Waals surface area contributed by atoms with E-state index in [1.165, 1.54) is 11.1 Å². The molecule has 102 valence electrons. The molecule has 0 aliphatic carbocycles. The molecule has 1 rings (SSSR count). The van der Waals surface area contributed by atoms with Crippen LogP contribution in [-0.2, 0) is 4.74 Å². The summed E-state index contributed by atoms with van der Waals surface area (Å²) in [5, 5.41) is 3.40. The predicted octanol–water partition coefficient (Wildman–Crippen LogP) is 3.71. The Labute approximate surface area is 112 Å². The van der Waals surface area contributed by atoms with E-state index in [9.17, 15) is 0 Å². The molecule has 0 heterocycles. The molecular weight excluding hydrogens is 222 g/mol. The Bertz CT molecular complexity index is 350. The van der Waals surface area contributed by atoms with Crippen LogP contribution in [0.3, 0.4) is 0 Å². The van der Waals surface area contributed by atoms with Crippen molar-refractivity contribution in [2.75, 3.05) is 13.7 Å². The van der Waals surface area contributed by atoms with Crippen molar-refractivity contribution in [2.24, 2.45) is 5.41 Å². The van der Waals surface area contributed by atoms with Crippen LogP contribution < -0.4 is 5.32 Å². The van der Waals surface area contributed by atoms with E-state index in [-0.39, 0.29) is 17.6 Å². The van der Waals surface area contributed by atoms with Crippen LogP contribution in [0.2, 0.25) is 0 Å².